The molecule has 8 nitrogen and oxygen atoms in total. The van der Waals surface area contributed by atoms with E-state index in [4.69, 9.17) is 16.7 Å². The van der Waals surface area contributed by atoms with Gasteiger partial charge in [-0.3, -0.25) is 13.9 Å². The fraction of sp³-hybridized carbons (Fsp3) is 0.222. The van der Waals surface area contributed by atoms with Gasteiger partial charge in [-0.1, -0.05) is 18.5 Å². The van der Waals surface area contributed by atoms with Gasteiger partial charge < -0.3 is 10.4 Å². The van der Waals surface area contributed by atoms with Crippen molar-refractivity contribution in [3.05, 3.63) is 51.7 Å². The van der Waals surface area contributed by atoms with Crippen LogP contribution < -0.4 is 11.0 Å². The van der Waals surface area contributed by atoms with Crippen LogP contribution in [0.4, 0.5) is 11.4 Å². The molecule has 0 bridgehead atoms. The summed E-state index contributed by atoms with van der Waals surface area (Å²) in [5.74, 6) is -1.69. The van der Waals surface area contributed by atoms with Crippen molar-refractivity contribution in [3.63, 3.8) is 0 Å². The number of halogens is 1. The molecule has 0 saturated heterocycles. The summed E-state index contributed by atoms with van der Waals surface area (Å²) >= 11 is 5.95. The van der Waals surface area contributed by atoms with E-state index in [2.05, 4.69) is 10.3 Å². The van der Waals surface area contributed by atoms with Crippen LogP contribution in [0.5, 0.6) is 0 Å². The molecule has 0 aliphatic heterocycles. The Morgan fingerprint density at radius 2 is 2.15 bits per heavy atom. The SMILES string of the molecule is CC(Cn1c(=O)n(C)c2ccc(Nc3ccnc(Cl)c3C#N)cc21)C(=O)O. The number of pyridine rings is 1. The molecular weight excluding hydrogens is 370 g/mol. The summed E-state index contributed by atoms with van der Waals surface area (Å²) in [6.07, 6.45) is 1.48. The second kappa shape index (κ2) is 7.13. The minimum absolute atomic E-state index is 0.0551. The number of nitrogens with zero attached hydrogens (tertiary/aromatic N) is 4. The van der Waals surface area contributed by atoms with E-state index in [-0.39, 0.29) is 23.0 Å². The molecule has 0 radical (unpaired) electrons. The monoisotopic (exact) mass is 385 g/mol. The Hall–Kier alpha value is -3.31. The largest absolute Gasteiger partial charge is 0.481 e. The number of carbonyl (C=O) groups is 1. The molecule has 2 N–H and O–H groups in total. The fourth-order valence-electron chi connectivity index (χ4n) is 2.82. The molecule has 1 aromatic carbocycles. The molecule has 0 spiro atoms. The first-order valence-electron chi connectivity index (χ1n) is 8.07. The molecule has 27 heavy (non-hydrogen) atoms. The molecule has 0 amide bonds. The Morgan fingerprint density at radius 3 is 2.81 bits per heavy atom. The Kier molecular flexibility index (Phi) is 4.88. The van der Waals surface area contributed by atoms with E-state index in [0.717, 1.165) is 0 Å². The third kappa shape index (κ3) is 3.37. The third-order valence-corrected chi connectivity index (χ3v) is 4.61. The number of nitrogens with one attached hydrogen (secondary N) is 1. The van der Waals surface area contributed by atoms with Crippen molar-refractivity contribution in [2.75, 3.05) is 5.32 Å². The number of nitriles is 1. The lowest BCUT2D eigenvalue weighted by molar-refractivity contribution is -0.141. The molecule has 0 fully saturated rings. The van der Waals surface area contributed by atoms with Gasteiger partial charge in [0.1, 0.15) is 16.8 Å². The number of hydrogen-bond donors (Lipinski definition) is 2. The maximum Gasteiger partial charge on any atom is 0.328 e. The summed E-state index contributed by atoms with van der Waals surface area (Å²) in [5, 5.41) is 21.6. The number of aromatic nitrogens is 3. The molecule has 2 heterocycles. The van der Waals surface area contributed by atoms with Gasteiger partial charge in [-0.2, -0.15) is 5.26 Å². The molecule has 0 aliphatic carbocycles. The number of anilines is 2. The van der Waals surface area contributed by atoms with E-state index in [9.17, 15) is 14.9 Å². The van der Waals surface area contributed by atoms with Gasteiger partial charge in [-0.25, -0.2) is 9.78 Å². The number of carboxylic acids is 1. The van der Waals surface area contributed by atoms with Gasteiger partial charge in [-0.05, 0) is 24.3 Å². The van der Waals surface area contributed by atoms with Gasteiger partial charge in [0, 0.05) is 25.5 Å². The first kappa shape index (κ1) is 18.5. The first-order valence-corrected chi connectivity index (χ1v) is 8.45. The lowest BCUT2D eigenvalue weighted by atomic mass is 10.2. The zero-order chi connectivity index (χ0) is 19.7. The van der Waals surface area contributed by atoms with E-state index < -0.39 is 11.9 Å². The van der Waals surface area contributed by atoms with Gasteiger partial charge >= 0.3 is 11.7 Å². The molecule has 138 valence electrons. The number of imidazole rings is 1. The number of fused-ring (bicyclic) bond motifs is 1. The van der Waals surface area contributed by atoms with Crippen molar-refractivity contribution in [1.82, 2.24) is 14.1 Å². The van der Waals surface area contributed by atoms with Crippen LogP contribution in [0.25, 0.3) is 11.0 Å². The normalized spacial score (nSPS) is 11.9. The maximum atomic E-state index is 12.5. The number of benzene rings is 1. The van der Waals surface area contributed by atoms with E-state index in [1.807, 2.05) is 6.07 Å². The summed E-state index contributed by atoms with van der Waals surface area (Å²) in [6, 6.07) is 8.89. The highest BCUT2D eigenvalue weighted by Gasteiger charge is 2.18. The molecule has 0 aliphatic rings. The number of rotatable bonds is 5. The van der Waals surface area contributed by atoms with Crippen LogP contribution in [0.15, 0.2) is 35.3 Å². The highest BCUT2D eigenvalue weighted by molar-refractivity contribution is 6.31. The Balaban J connectivity index is 2.07. The molecule has 3 aromatic rings. The van der Waals surface area contributed by atoms with Crippen LogP contribution >= 0.6 is 11.6 Å². The number of carboxylic acid groups (broad SMARTS) is 1. The van der Waals surface area contributed by atoms with Gasteiger partial charge in [0.2, 0.25) is 0 Å². The Bertz CT molecular complexity index is 1140. The quantitative estimate of drug-likeness (QED) is 0.653. The van der Waals surface area contributed by atoms with Crippen molar-refractivity contribution in [2.45, 2.75) is 13.5 Å². The van der Waals surface area contributed by atoms with Crippen LogP contribution in [0.3, 0.4) is 0 Å². The lowest BCUT2D eigenvalue weighted by Crippen LogP contribution is -2.27. The van der Waals surface area contributed by atoms with Crippen molar-refractivity contribution >= 4 is 40.0 Å². The molecule has 2 aromatic heterocycles. The highest BCUT2D eigenvalue weighted by Crippen LogP contribution is 2.26. The smallest absolute Gasteiger partial charge is 0.328 e. The molecule has 9 heteroatoms. The molecule has 3 rings (SSSR count). The van der Waals surface area contributed by atoms with Gasteiger partial charge in [0.25, 0.3) is 0 Å². The summed E-state index contributed by atoms with van der Waals surface area (Å²) in [7, 11) is 1.64. The minimum atomic E-state index is -0.974. The summed E-state index contributed by atoms with van der Waals surface area (Å²) in [5.41, 5.74) is 2.31. The highest BCUT2D eigenvalue weighted by atomic mass is 35.5. The second-order valence-electron chi connectivity index (χ2n) is 6.16. The predicted octanol–water partition coefficient (Wildman–Crippen LogP) is 2.72. The van der Waals surface area contributed by atoms with E-state index in [0.29, 0.717) is 22.4 Å². The van der Waals surface area contributed by atoms with Gasteiger partial charge in [0.15, 0.2) is 0 Å². The second-order valence-corrected chi connectivity index (χ2v) is 6.51. The van der Waals surface area contributed by atoms with E-state index >= 15 is 0 Å². The van der Waals surface area contributed by atoms with Crippen LogP contribution in [0.1, 0.15) is 12.5 Å². The summed E-state index contributed by atoms with van der Waals surface area (Å²) < 4.78 is 2.90. The maximum absolute atomic E-state index is 12.5. The predicted molar refractivity (Wildman–Crippen MR) is 101 cm³/mol. The van der Waals surface area contributed by atoms with Crippen molar-refractivity contribution < 1.29 is 9.90 Å². The van der Waals surface area contributed by atoms with Gasteiger partial charge in [0.05, 0.1) is 22.6 Å². The number of aliphatic carboxylic acids is 1. The van der Waals surface area contributed by atoms with Crippen LogP contribution in [0, 0.1) is 17.2 Å². The number of aryl methyl sites for hydroxylation is 1. The lowest BCUT2D eigenvalue weighted by Gasteiger charge is -2.11. The average molecular weight is 386 g/mol. The average Bonchev–Trinajstić information content (AvgIpc) is 2.86. The van der Waals surface area contributed by atoms with Crippen molar-refractivity contribution in [1.29, 1.82) is 5.26 Å². The van der Waals surface area contributed by atoms with E-state index in [1.54, 1.807) is 38.2 Å². The number of hydrogen-bond acceptors (Lipinski definition) is 5. The first-order chi connectivity index (χ1) is 12.8. The molecule has 1 unspecified atom stereocenters. The standard InChI is InChI=1S/C18H16ClN5O3/c1-10(17(25)26)9-24-15-7-11(3-4-14(15)23(2)18(24)27)22-13-5-6-21-16(19)12(13)8-20/h3-7,10H,9H2,1-2H3,(H,21,22)(H,25,26). The summed E-state index contributed by atoms with van der Waals surface area (Å²) in [4.78, 5) is 27.6. The minimum Gasteiger partial charge on any atom is -0.481 e. The summed E-state index contributed by atoms with van der Waals surface area (Å²) in [6.45, 7) is 1.60. The van der Waals surface area contributed by atoms with Crippen molar-refractivity contribution in [2.24, 2.45) is 13.0 Å². The topological polar surface area (TPSA) is 113 Å². The Labute approximate surface area is 159 Å². The van der Waals surface area contributed by atoms with Crippen LogP contribution in [-0.2, 0) is 18.4 Å². The fourth-order valence-corrected chi connectivity index (χ4v) is 3.02. The van der Waals surface area contributed by atoms with Gasteiger partial charge in [-0.15, -0.1) is 0 Å². The van der Waals surface area contributed by atoms with E-state index in [1.165, 1.54) is 15.3 Å². The molecular formula is C18H16ClN5O3. The zero-order valence-electron chi connectivity index (χ0n) is 14.6. The van der Waals surface area contributed by atoms with Crippen LogP contribution in [0.2, 0.25) is 5.15 Å². The Morgan fingerprint density at radius 1 is 1.41 bits per heavy atom. The van der Waals surface area contributed by atoms with Crippen molar-refractivity contribution in [3.8, 4) is 6.07 Å². The molecule has 1 atom stereocenters. The zero-order valence-corrected chi connectivity index (χ0v) is 15.4. The molecule has 0 saturated carbocycles. The van der Waals surface area contributed by atoms with Crippen LogP contribution in [-0.4, -0.2) is 25.2 Å². The third-order valence-electron chi connectivity index (χ3n) is 4.32.